The number of carbonyl (C=O) groups is 2. The summed E-state index contributed by atoms with van der Waals surface area (Å²) < 4.78 is 5.59. The Bertz CT molecular complexity index is 794. The lowest BCUT2D eigenvalue weighted by Crippen LogP contribution is -2.26. The molecule has 0 saturated heterocycles. The lowest BCUT2D eigenvalue weighted by atomic mass is 10.1. The van der Waals surface area contributed by atoms with Crippen molar-refractivity contribution >= 4 is 35.0 Å². The van der Waals surface area contributed by atoms with E-state index in [-0.39, 0.29) is 11.8 Å². The minimum Gasteiger partial charge on any atom is -0.492 e. The topological polar surface area (TPSA) is 58.6 Å². The van der Waals surface area contributed by atoms with Crippen LogP contribution in [0, 0.1) is 0 Å². The number of hydrogen-bond acceptors (Lipinski definition) is 3. The van der Waals surface area contributed by atoms with Crippen molar-refractivity contribution in [3.05, 3.63) is 63.6 Å². The summed E-state index contributed by atoms with van der Waals surface area (Å²) in [5, 5.41) is 3.58. The average molecular weight is 409 g/mol. The van der Waals surface area contributed by atoms with Crippen LogP contribution in [0.2, 0.25) is 10.0 Å². The number of benzene rings is 2. The van der Waals surface area contributed by atoms with E-state index in [4.69, 9.17) is 27.9 Å². The van der Waals surface area contributed by atoms with Crippen molar-refractivity contribution in [1.29, 1.82) is 0 Å². The first kappa shape index (κ1) is 21.1. The van der Waals surface area contributed by atoms with Crippen molar-refractivity contribution in [1.82, 2.24) is 10.2 Å². The molecule has 0 atom stereocenters. The summed E-state index contributed by atoms with van der Waals surface area (Å²) in [5.41, 5.74) is 1.55. The Balaban J connectivity index is 1.76. The van der Waals surface area contributed by atoms with Crippen molar-refractivity contribution in [3.63, 3.8) is 0 Å². The molecule has 5 nitrogen and oxygen atoms in total. The first-order valence-corrected chi connectivity index (χ1v) is 9.29. The summed E-state index contributed by atoms with van der Waals surface area (Å²) in [7, 11) is 3.35. The average Bonchev–Trinajstić information content (AvgIpc) is 2.66. The van der Waals surface area contributed by atoms with E-state index in [0.29, 0.717) is 47.4 Å². The van der Waals surface area contributed by atoms with Gasteiger partial charge >= 0.3 is 0 Å². The molecular formula is C20H22Cl2N2O3. The molecule has 0 aliphatic heterocycles. The second kappa shape index (κ2) is 10.2. The van der Waals surface area contributed by atoms with Gasteiger partial charge in [-0.15, -0.1) is 0 Å². The minimum absolute atomic E-state index is 0.0242. The van der Waals surface area contributed by atoms with Crippen molar-refractivity contribution in [3.8, 4) is 5.75 Å². The quantitative estimate of drug-likeness (QED) is 0.666. The highest BCUT2D eigenvalue weighted by molar-refractivity contribution is 6.35. The van der Waals surface area contributed by atoms with Crippen LogP contribution in [0.25, 0.3) is 0 Å². The lowest BCUT2D eigenvalue weighted by molar-refractivity contribution is -0.130. The van der Waals surface area contributed by atoms with Crippen LogP contribution in [0.3, 0.4) is 0 Å². The van der Waals surface area contributed by atoms with Gasteiger partial charge < -0.3 is 15.0 Å². The van der Waals surface area contributed by atoms with Gasteiger partial charge in [-0.05, 0) is 42.3 Å². The molecule has 2 aromatic rings. The second-order valence-corrected chi connectivity index (χ2v) is 6.90. The van der Waals surface area contributed by atoms with E-state index in [1.807, 2.05) is 12.1 Å². The number of hydrogen-bond donors (Lipinski definition) is 1. The van der Waals surface area contributed by atoms with E-state index in [9.17, 15) is 9.59 Å². The van der Waals surface area contributed by atoms with Gasteiger partial charge in [0.1, 0.15) is 5.75 Å². The summed E-state index contributed by atoms with van der Waals surface area (Å²) in [5.74, 6) is 0.445. The zero-order valence-corrected chi connectivity index (χ0v) is 16.8. The molecule has 0 radical (unpaired) electrons. The van der Waals surface area contributed by atoms with Gasteiger partial charge in [-0.2, -0.15) is 0 Å². The van der Waals surface area contributed by atoms with E-state index < -0.39 is 0 Å². The van der Waals surface area contributed by atoms with E-state index in [1.54, 1.807) is 49.3 Å². The van der Waals surface area contributed by atoms with Crippen molar-refractivity contribution < 1.29 is 14.3 Å². The van der Waals surface area contributed by atoms with Gasteiger partial charge in [0.2, 0.25) is 5.91 Å². The number of nitrogens with zero attached hydrogens (tertiary/aromatic N) is 1. The molecule has 0 aromatic heterocycles. The molecule has 0 saturated carbocycles. The molecule has 2 amide bonds. The molecule has 0 unspecified atom stereocenters. The fraction of sp³-hybridized carbons (Fsp3) is 0.300. The largest absolute Gasteiger partial charge is 0.492 e. The molecule has 0 spiro atoms. The summed E-state index contributed by atoms with van der Waals surface area (Å²) in [6.45, 7) is 0.873. The highest BCUT2D eigenvalue weighted by Gasteiger charge is 2.10. The van der Waals surface area contributed by atoms with Gasteiger partial charge in [0.15, 0.2) is 0 Å². The molecule has 1 N–H and O–H groups in total. The summed E-state index contributed by atoms with van der Waals surface area (Å²) in [6, 6.07) is 12.2. The molecular weight excluding hydrogens is 387 g/mol. The van der Waals surface area contributed by atoms with Crippen LogP contribution < -0.4 is 10.1 Å². The zero-order valence-electron chi connectivity index (χ0n) is 15.3. The number of halogens is 2. The smallest absolute Gasteiger partial charge is 0.251 e. The predicted octanol–water partition coefficient (Wildman–Crippen LogP) is 4.17. The highest BCUT2D eigenvalue weighted by atomic mass is 35.5. The van der Waals surface area contributed by atoms with E-state index >= 15 is 0 Å². The van der Waals surface area contributed by atoms with Crippen molar-refractivity contribution in [2.75, 3.05) is 20.7 Å². The molecule has 0 heterocycles. The molecule has 144 valence electrons. The van der Waals surface area contributed by atoms with Crippen LogP contribution in [0.1, 0.15) is 28.8 Å². The van der Waals surface area contributed by atoms with Crippen LogP contribution >= 0.6 is 23.2 Å². The van der Waals surface area contributed by atoms with Gasteiger partial charge in [0.25, 0.3) is 5.91 Å². The summed E-state index contributed by atoms with van der Waals surface area (Å²) >= 11 is 11.9. The summed E-state index contributed by atoms with van der Waals surface area (Å²) in [4.78, 5) is 25.5. The fourth-order valence-corrected chi connectivity index (χ4v) is 2.92. The third-order valence-electron chi connectivity index (χ3n) is 3.98. The van der Waals surface area contributed by atoms with Crippen molar-refractivity contribution in [2.24, 2.45) is 0 Å². The van der Waals surface area contributed by atoms with Gasteiger partial charge in [-0.1, -0.05) is 35.3 Å². The van der Waals surface area contributed by atoms with Gasteiger partial charge in [0.05, 0.1) is 11.6 Å². The molecule has 0 bridgehead atoms. The van der Waals surface area contributed by atoms with Crippen LogP contribution in [0.15, 0.2) is 42.5 Å². The number of ether oxygens (including phenoxy) is 1. The second-order valence-electron chi connectivity index (χ2n) is 6.05. The van der Waals surface area contributed by atoms with Gasteiger partial charge in [-0.25, -0.2) is 0 Å². The Morgan fingerprint density at radius 2 is 1.81 bits per heavy atom. The molecule has 2 rings (SSSR count). The van der Waals surface area contributed by atoms with Crippen LogP contribution in [-0.2, 0) is 11.3 Å². The fourth-order valence-electron chi connectivity index (χ4n) is 2.46. The lowest BCUT2D eigenvalue weighted by Gasteiger charge is -2.17. The molecule has 2 aromatic carbocycles. The number of rotatable bonds is 8. The van der Waals surface area contributed by atoms with Crippen LogP contribution in [0.5, 0.6) is 5.75 Å². The van der Waals surface area contributed by atoms with Crippen molar-refractivity contribution in [2.45, 2.75) is 19.4 Å². The Labute approximate surface area is 169 Å². The molecule has 0 aliphatic rings. The zero-order chi connectivity index (χ0) is 19.8. The van der Waals surface area contributed by atoms with Crippen LogP contribution in [-0.4, -0.2) is 37.4 Å². The first-order valence-electron chi connectivity index (χ1n) is 8.53. The third-order valence-corrected chi connectivity index (χ3v) is 4.51. The first-order chi connectivity index (χ1) is 12.9. The standard InChI is InChI=1S/C20H22Cl2N2O3/c1-23-20(26)15-7-5-14(6-8-15)13-24(2)19(25)4-3-11-27-18-10-9-16(21)12-17(18)22/h5-10,12H,3-4,11,13H2,1-2H3,(H,23,26). The maximum Gasteiger partial charge on any atom is 0.251 e. The van der Waals surface area contributed by atoms with E-state index in [0.717, 1.165) is 5.56 Å². The van der Waals surface area contributed by atoms with Gasteiger partial charge in [-0.3, -0.25) is 9.59 Å². The van der Waals surface area contributed by atoms with E-state index in [2.05, 4.69) is 5.32 Å². The molecule has 27 heavy (non-hydrogen) atoms. The highest BCUT2D eigenvalue weighted by Crippen LogP contribution is 2.27. The third kappa shape index (κ3) is 6.45. The van der Waals surface area contributed by atoms with Crippen LogP contribution in [0.4, 0.5) is 0 Å². The molecule has 0 fully saturated rings. The number of nitrogens with one attached hydrogen (secondary N) is 1. The molecule has 0 aliphatic carbocycles. The normalized spacial score (nSPS) is 10.4. The number of carbonyl (C=O) groups excluding carboxylic acids is 2. The predicted molar refractivity (Wildman–Crippen MR) is 107 cm³/mol. The minimum atomic E-state index is -0.133. The maximum absolute atomic E-state index is 12.3. The Hall–Kier alpha value is -2.24. The summed E-state index contributed by atoms with van der Waals surface area (Å²) in [6.07, 6.45) is 0.954. The van der Waals surface area contributed by atoms with Gasteiger partial charge in [0, 0.05) is 37.6 Å². The molecule has 7 heteroatoms. The Morgan fingerprint density at radius 1 is 1.11 bits per heavy atom. The van der Waals surface area contributed by atoms with E-state index in [1.165, 1.54) is 0 Å². The number of amides is 2. The Kier molecular flexibility index (Phi) is 7.95. The maximum atomic E-state index is 12.3. The Morgan fingerprint density at radius 3 is 2.44 bits per heavy atom. The monoisotopic (exact) mass is 408 g/mol. The SMILES string of the molecule is CNC(=O)c1ccc(CN(C)C(=O)CCCOc2ccc(Cl)cc2Cl)cc1.